The highest BCUT2D eigenvalue weighted by molar-refractivity contribution is 6.22. The Bertz CT molecular complexity index is 10700. The summed E-state index contributed by atoms with van der Waals surface area (Å²) >= 11 is 0. The van der Waals surface area contributed by atoms with Crippen LogP contribution in [0.5, 0.6) is 0 Å². The number of nitrogens with zero attached hydrogens (tertiary/aromatic N) is 16. The lowest BCUT2D eigenvalue weighted by Gasteiger charge is -2.13. The smallest absolute Gasteiger partial charge is 0.178 e. The molecule has 648 valence electrons. The third kappa shape index (κ3) is 10.3. The Morgan fingerprint density at radius 1 is 0.171 bits per heavy atom. The molecule has 16 aromatic heterocycles. The van der Waals surface area contributed by atoms with E-state index >= 15 is 0 Å². The second kappa shape index (κ2) is 27.7. The topological polar surface area (TPSA) is 172 Å². The Balaban J connectivity index is 0.0000000829. The van der Waals surface area contributed by atoms with Gasteiger partial charge in [0.15, 0.2) is 22.6 Å². The van der Waals surface area contributed by atoms with E-state index in [1.165, 1.54) is 232 Å². The maximum absolute atomic E-state index is 4.99. The van der Waals surface area contributed by atoms with Gasteiger partial charge in [0.05, 0.1) is 68.9 Å². The molecule has 16 heteroatoms. The zero-order chi connectivity index (χ0) is 90.7. The number of pyridine rings is 12. The molecule has 16 heterocycles. The lowest BCUT2D eigenvalue weighted by atomic mass is 9.92. The highest BCUT2D eigenvalue weighted by Gasteiger charge is 2.36. The van der Waals surface area contributed by atoms with Crippen molar-refractivity contribution in [2.24, 2.45) is 0 Å². The minimum Gasteiger partial charge on any atom is -0.288 e. The Labute approximate surface area is 796 Å². The number of fused-ring (bicyclic) bond motifs is 60. The van der Waals surface area contributed by atoms with E-state index in [1.807, 2.05) is 98.6 Å². The summed E-state index contributed by atoms with van der Waals surface area (Å²) in [4.78, 5) is 56.0. The van der Waals surface area contributed by atoms with Crippen molar-refractivity contribution in [2.75, 3.05) is 0 Å². The first kappa shape index (κ1) is 75.1. The molecule has 36 rings (SSSR count). The van der Waals surface area contributed by atoms with Crippen molar-refractivity contribution in [3.05, 3.63) is 430 Å². The van der Waals surface area contributed by atoms with Gasteiger partial charge >= 0.3 is 0 Å². The van der Waals surface area contributed by atoms with Gasteiger partial charge in [0, 0.05) is 92.7 Å². The molecule has 0 spiro atoms. The molecule has 0 N–H and O–H groups in total. The highest BCUT2D eigenvalue weighted by Crippen LogP contribution is 2.56. The number of aromatic nitrogens is 16. The Morgan fingerprint density at radius 3 is 1.01 bits per heavy atom. The molecule has 8 aliphatic carbocycles. The largest absolute Gasteiger partial charge is 0.288 e. The molecule has 0 saturated heterocycles. The van der Waals surface area contributed by atoms with E-state index in [0.29, 0.717) is 0 Å². The fourth-order valence-electron chi connectivity index (χ4n) is 26.0. The van der Waals surface area contributed by atoms with E-state index in [-0.39, 0.29) is 0 Å². The van der Waals surface area contributed by atoms with Gasteiger partial charge in [-0.2, -0.15) is 0 Å². The average molecular weight is 1790 g/mol. The molecule has 0 radical (unpaired) electrons. The molecule has 0 saturated carbocycles. The first-order chi connectivity index (χ1) is 69.4. The second-order valence-electron chi connectivity index (χ2n) is 38.8. The van der Waals surface area contributed by atoms with Crippen molar-refractivity contribution >= 4 is 154 Å². The molecule has 8 aliphatic rings. The molecule has 0 fully saturated rings. The van der Waals surface area contributed by atoms with E-state index in [9.17, 15) is 0 Å². The summed E-state index contributed by atoms with van der Waals surface area (Å²) in [5, 5.41) is 14.5. The maximum atomic E-state index is 4.99. The molecular weight excluding hydrogens is 1710 g/mol. The van der Waals surface area contributed by atoms with E-state index in [1.54, 1.807) is 0 Å². The number of hydrogen-bond acceptors (Lipinski definition) is 12. The summed E-state index contributed by atoms with van der Waals surface area (Å²) in [5.74, 6) is 0. The summed E-state index contributed by atoms with van der Waals surface area (Å²) < 4.78 is 8.87. The normalized spacial score (nSPS) is 13.5. The van der Waals surface area contributed by atoms with Gasteiger partial charge in [0.25, 0.3) is 0 Å². The van der Waals surface area contributed by atoms with Crippen LogP contribution in [0.25, 0.3) is 243 Å². The predicted molar refractivity (Wildman–Crippen MR) is 559 cm³/mol. The van der Waals surface area contributed by atoms with Crippen molar-refractivity contribution in [3.8, 4) is 89.0 Å². The zero-order valence-corrected chi connectivity index (χ0v) is 75.1. The maximum Gasteiger partial charge on any atom is 0.178 e. The fraction of sp³-hybridized carbons (Fsp3) is 0.0645. The first-order valence-electron chi connectivity index (χ1n) is 48.2. The van der Waals surface area contributed by atoms with Crippen LogP contribution >= 0.6 is 0 Å². The first-order valence-corrected chi connectivity index (χ1v) is 48.2. The van der Waals surface area contributed by atoms with Crippen LogP contribution in [-0.2, 0) is 51.4 Å². The van der Waals surface area contributed by atoms with E-state index < -0.39 is 0 Å². The summed E-state index contributed by atoms with van der Waals surface area (Å²) in [5.41, 5.74) is 60.1. The third-order valence-corrected chi connectivity index (χ3v) is 31.9. The second-order valence-corrected chi connectivity index (χ2v) is 38.8. The molecule has 28 aromatic rings. The van der Waals surface area contributed by atoms with Gasteiger partial charge in [-0.15, -0.1) is 0 Å². The van der Waals surface area contributed by atoms with Gasteiger partial charge in [-0.05, 0) is 378 Å². The molecule has 12 aromatic carbocycles. The number of hydrogen-bond donors (Lipinski definition) is 0. The third-order valence-electron chi connectivity index (χ3n) is 31.9. The van der Waals surface area contributed by atoms with Crippen LogP contribution in [0.1, 0.15) is 89.0 Å². The Morgan fingerprint density at radius 2 is 0.493 bits per heavy atom. The lowest BCUT2D eigenvalue weighted by Crippen LogP contribution is -1.95. The Kier molecular flexibility index (Phi) is 14.9. The van der Waals surface area contributed by atoms with Gasteiger partial charge < -0.3 is 0 Å². The number of rotatable bonds is 0. The van der Waals surface area contributed by atoms with Crippen molar-refractivity contribution in [1.82, 2.24) is 77.4 Å². The highest BCUT2D eigenvalue weighted by atomic mass is 15.1. The lowest BCUT2D eigenvalue weighted by molar-refractivity contribution is 1.22. The molecule has 16 nitrogen and oxygen atoms in total. The summed E-state index contributed by atoms with van der Waals surface area (Å²) in [7, 11) is 0. The molecule has 140 heavy (non-hydrogen) atoms. The van der Waals surface area contributed by atoms with Crippen LogP contribution in [0.15, 0.2) is 341 Å². The van der Waals surface area contributed by atoms with Gasteiger partial charge in [0.1, 0.15) is 22.6 Å². The zero-order valence-electron chi connectivity index (χ0n) is 75.1. The quantitative estimate of drug-likeness (QED) is 0.132. The van der Waals surface area contributed by atoms with Crippen molar-refractivity contribution in [2.45, 2.75) is 51.4 Å². The van der Waals surface area contributed by atoms with Crippen LogP contribution in [0.2, 0.25) is 0 Å². The molecule has 0 amide bonds. The van der Waals surface area contributed by atoms with Crippen LogP contribution in [-0.4, -0.2) is 77.4 Å². The van der Waals surface area contributed by atoms with Crippen molar-refractivity contribution in [3.63, 3.8) is 0 Å². The molecule has 0 bridgehead atoms. The van der Waals surface area contributed by atoms with Gasteiger partial charge in [-0.1, -0.05) is 140 Å². The summed E-state index contributed by atoms with van der Waals surface area (Å²) in [6.45, 7) is 0. The van der Waals surface area contributed by atoms with E-state index in [0.717, 1.165) is 151 Å². The van der Waals surface area contributed by atoms with Crippen LogP contribution in [0.3, 0.4) is 0 Å². The standard InChI is InChI=1S/4C31H18N4/c1-2-5-20-17(4-1)14-18-7-8-19-15-24-21(28(19)27(18)20)9-10-23-29(24)22-11-13-32-16-26(22)35-25-6-3-12-33-30(25)34-31(23)35;1-2-5-20-17(4-1)12-18-13-19-14-26-21(25(19)15-24(18)20)7-8-23-29(26)22-9-11-32-16-28(22)35-27-6-3-10-33-30(27)34-31(23)35;1-2-5-20-17(4-1)12-18-7-8-21-23-15-26-24(13-19(23)14-25(21)29(18)20)22-9-11-32-16-28(22)35-27-6-3-10-33-30(27)34-31(26)35;1-2-5-21-17(4-1)10-18-13-24-19(12-23(18)21)11-20-14-26-22-7-9-32-16-29(22)35-28-6-3-8-33-30(28)34-31(35)27(26)15-25(20)24/h1-13,16H,14-15H2;2*1-11,13,15-16H,12,14H2;1-9,12-16H,10-11H2. The monoisotopic (exact) mass is 1780 g/mol. The van der Waals surface area contributed by atoms with Crippen LogP contribution in [0, 0.1) is 0 Å². The van der Waals surface area contributed by atoms with Gasteiger partial charge in [0.2, 0.25) is 0 Å². The predicted octanol–water partition coefficient (Wildman–Crippen LogP) is 26.9. The van der Waals surface area contributed by atoms with Crippen LogP contribution in [0.4, 0.5) is 0 Å². The van der Waals surface area contributed by atoms with Crippen molar-refractivity contribution in [1.29, 1.82) is 0 Å². The van der Waals surface area contributed by atoms with E-state index in [4.69, 9.17) is 19.9 Å². The number of imidazole rings is 4. The van der Waals surface area contributed by atoms with E-state index in [2.05, 4.69) is 300 Å². The Hall–Kier alpha value is -18.3. The average Bonchev–Trinajstić information content (AvgIpc) is 1.52. The minimum absolute atomic E-state index is 0.764. The molecule has 0 aliphatic heterocycles. The van der Waals surface area contributed by atoms with Gasteiger partial charge in [-0.3, -0.25) is 37.5 Å². The number of benzene rings is 12. The van der Waals surface area contributed by atoms with Crippen LogP contribution < -0.4 is 0 Å². The molecular formula is C124H72N16. The van der Waals surface area contributed by atoms with Crippen molar-refractivity contribution < 1.29 is 0 Å². The fourth-order valence-corrected chi connectivity index (χ4v) is 26.0. The molecule has 0 atom stereocenters. The molecule has 0 unspecified atom stereocenters. The SMILES string of the molecule is c1ccc2c(c1)Cc1cc3c(cc1-2)-c1ccc2c(c1C3)c1ccncc1n1c3cccnc3nc21.c1ccc2c(c1)Cc1cc3c(cc1-2)Cc1cc2c4ccncc4n4c5cccnc5nc4c2cc1-3.c1ccc2c(c1)Cc1ccc3c(c1-2)-c1ccc2c(c1C3)c1ccncc1n1c3cccnc3nc21.c1ccc2c(c1)Cc1ccc3c(c1-2)Cc1cc2c4ccncc4n4c5cccnc5nc4c2cc1-3. The minimum atomic E-state index is 0.764. The van der Waals surface area contributed by atoms with Gasteiger partial charge in [-0.25, -0.2) is 39.9 Å². The summed E-state index contributed by atoms with van der Waals surface area (Å²) in [6.07, 6.45) is 30.5. The summed E-state index contributed by atoms with van der Waals surface area (Å²) in [6, 6.07) is 98.0.